The minimum atomic E-state index is -3.16. The zero-order valence-electron chi connectivity index (χ0n) is 8.86. The molecule has 0 aliphatic heterocycles. The maximum Gasteiger partial charge on any atom is 0.215 e. The fourth-order valence-electron chi connectivity index (χ4n) is 1.14. The zero-order chi connectivity index (χ0) is 11.2. The van der Waals surface area contributed by atoms with Crippen LogP contribution in [0.3, 0.4) is 0 Å². The average molecular weight is 260 g/mol. The van der Waals surface area contributed by atoms with Crippen molar-refractivity contribution in [3.63, 3.8) is 0 Å². The molecule has 0 amide bonds. The van der Waals surface area contributed by atoms with E-state index in [-0.39, 0.29) is 17.7 Å². The van der Waals surface area contributed by atoms with Crippen molar-refractivity contribution in [1.29, 1.82) is 0 Å². The molecule has 0 saturated carbocycles. The van der Waals surface area contributed by atoms with Gasteiger partial charge in [0, 0.05) is 24.7 Å². The van der Waals surface area contributed by atoms with Crippen molar-refractivity contribution in [2.75, 3.05) is 30.7 Å². The van der Waals surface area contributed by atoms with Crippen LogP contribution < -0.4 is 0 Å². The Morgan fingerprint density at radius 2 is 2.07 bits per heavy atom. The number of nitrogens with zero attached hydrogens (tertiary/aromatic N) is 1. The number of hydrogen-bond donors (Lipinski definition) is 0. The Kier molecular flexibility index (Phi) is 7.20. The minimum absolute atomic E-state index is 0.0237. The highest BCUT2D eigenvalue weighted by molar-refractivity contribution is 7.98. The molecule has 1 atom stereocenters. The minimum Gasteiger partial charge on any atom is -0.212 e. The standard InChI is InChI=1S/C8H18ClNO2S2/c1-4-8(7-13-3)10(2)14(11,12)6-5-9/h8H,4-7H2,1-3H3. The van der Waals surface area contributed by atoms with Crippen molar-refractivity contribution in [2.24, 2.45) is 0 Å². The zero-order valence-corrected chi connectivity index (χ0v) is 11.3. The van der Waals surface area contributed by atoms with Crippen LogP contribution in [0, 0.1) is 0 Å². The van der Waals surface area contributed by atoms with Crippen LogP contribution in [-0.4, -0.2) is 49.5 Å². The van der Waals surface area contributed by atoms with Gasteiger partial charge in [0.1, 0.15) is 0 Å². The average Bonchev–Trinajstić information content (AvgIpc) is 2.13. The molecule has 0 spiro atoms. The van der Waals surface area contributed by atoms with E-state index < -0.39 is 10.0 Å². The summed E-state index contributed by atoms with van der Waals surface area (Å²) in [5.41, 5.74) is 0. The maximum atomic E-state index is 11.6. The van der Waals surface area contributed by atoms with Gasteiger partial charge in [-0.2, -0.15) is 11.8 Å². The SMILES string of the molecule is CCC(CSC)N(C)S(=O)(=O)CCCl. The molecule has 6 heteroatoms. The summed E-state index contributed by atoms with van der Waals surface area (Å²) < 4.78 is 24.7. The number of thioether (sulfide) groups is 1. The van der Waals surface area contributed by atoms with Crippen molar-refractivity contribution >= 4 is 33.4 Å². The molecule has 0 aromatic carbocycles. The van der Waals surface area contributed by atoms with Crippen LogP contribution in [0.25, 0.3) is 0 Å². The van der Waals surface area contributed by atoms with Crippen LogP contribution >= 0.6 is 23.4 Å². The fourth-order valence-corrected chi connectivity index (χ4v) is 3.83. The van der Waals surface area contributed by atoms with Crippen LogP contribution in [0.1, 0.15) is 13.3 Å². The number of halogens is 1. The number of sulfonamides is 1. The van der Waals surface area contributed by atoms with Gasteiger partial charge in [0.25, 0.3) is 0 Å². The van der Waals surface area contributed by atoms with E-state index in [4.69, 9.17) is 11.6 Å². The third kappa shape index (κ3) is 4.38. The molecule has 0 N–H and O–H groups in total. The first-order valence-electron chi connectivity index (χ1n) is 4.50. The number of alkyl halides is 1. The summed E-state index contributed by atoms with van der Waals surface area (Å²) in [7, 11) is -1.52. The second-order valence-corrected chi connectivity index (χ2v) is 6.48. The molecular formula is C8H18ClNO2S2. The van der Waals surface area contributed by atoms with Gasteiger partial charge in [-0.3, -0.25) is 0 Å². The van der Waals surface area contributed by atoms with Crippen LogP contribution in [0.5, 0.6) is 0 Å². The Morgan fingerprint density at radius 1 is 1.50 bits per heavy atom. The molecule has 86 valence electrons. The molecular weight excluding hydrogens is 242 g/mol. The Morgan fingerprint density at radius 3 is 2.43 bits per heavy atom. The molecule has 0 bridgehead atoms. The predicted molar refractivity (Wildman–Crippen MR) is 64.7 cm³/mol. The molecule has 0 fully saturated rings. The van der Waals surface area contributed by atoms with Gasteiger partial charge in [0.05, 0.1) is 5.75 Å². The summed E-state index contributed by atoms with van der Waals surface area (Å²) >= 11 is 7.10. The second kappa shape index (κ2) is 6.93. The smallest absolute Gasteiger partial charge is 0.212 e. The molecule has 1 unspecified atom stereocenters. The normalized spacial score (nSPS) is 14.6. The fraction of sp³-hybridized carbons (Fsp3) is 1.00. The molecule has 14 heavy (non-hydrogen) atoms. The first kappa shape index (κ1) is 14.6. The summed E-state index contributed by atoms with van der Waals surface area (Å²) in [6, 6.07) is 0.0817. The highest BCUT2D eigenvalue weighted by Gasteiger charge is 2.23. The molecule has 0 heterocycles. The van der Waals surface area contributed by atoms with Crippen LogP contribution in [-0.2, 0) is 10.0 Å². The van der Waals surface area contributed by atoms with Gasteiger partial charge in [-0.15, -0.1) is 11.6 Å². The summed E-state index contributed by atoms with van der Waals surface area (Å²) in [6.45, 7) is 1.99. The van der Waals surface area contributed by atoms with Gasteiger partial charge >= 0.3 is 0 Å². The summed E-state index contributed by atoms with van der Waals surface area (Å²) in [4.78, 5) is 0. The summed E-state index contributed by atoms with van der Waals surface area (Å²) in [5, 5.41) is 0. The largest absolute Gasteiger partial charge is 0.215 e. The number of hydrogen-bond acceptors (Lipinski definition) is 3. The van der Waals surface area contributed by atoms with E-state index in [0.29, 0.717) is 0 Å². The maximum absolute atomic E-state index is 11.6. The van der Waals surface area contributed by atoms with E-state index >= 15 is 0 Å². The lowest BCUT2D eigenvalue weighted by molar-refractivity contribution is 0.386. The predicted octanol–water partition coefficient (Wildman–Crippen LogP) is 1.63. The van der Waals surface area contributed by atoms with E-state index in [0.717, 1.165) is 12.2 Å². The van der Waals surface area contributed by atoms with E-state index in [1.54, 1.807) is 18.8 Å². The van der Waals surface area contributed by atoms with Crippen molar-refractivity contribution < 1.29 is 8.42 Å². The Balaban J connectivity index is 4.47. The Labute approximate surface area is 96.2 Å². The van der Waals surface area contributed by atoms with Crippen LogP contribution in [0.2, 0.25) is 0 Å². The van der Waals surface area contributed by atoms with Gasteiger partial charge in [-0.1, -0.05) is 6.92 Å². The van der Waals surface area contributed by atoms with Gasteiger partial charge in [-0.25, -0.2) is 12.7 Å². The quantitative estimate of drug-likeness (QED) is 0.652. The molecule has 0 saturated heterocycles. The topological polar surface area (TPSA) is 37.4 Å². The molecule has 0 rings (SSSR count). The second-order valence-electron chi connectivity index (χ2n) is 3.04. The first-order chi connectivity index (χ1) is 6.49. The van der Waals surface area contributed by atoms with Crippen molar-refractivity contribution in [2.45, 2.75) is 19.4 Å². The van der Waals surface area contributed by atoms with Gasteiger partial charge < -0.3 is 0 Å². The van der Waals surface area contributed by atoms with E-state index in [9.17, 15) is 8.42 Å². The van der Waals surface area contributed by atoms with Crippen molar-refractivity contribution in [1.82, 2.24) is 4.31 Å². The van der Waals surface area contributed by atoms with E-state index in [1.165, 1.54) is 4.31 Å². The lowest BCUT2D eigenvalue weighted by Gasteiger charge is -2.25. The molecule has 0 radical (unpaired) electrons. The first-order valence-corrected chi connectivity index (χ1v) is 8.04. The molecule has 0 aromatic heterocycles. The number of rotatable bonds is 7. The van der Waals surface area contributed by atoms with Gasteiger partial charge in [0.2, 0.25) is 10.0 Å². The van der Waals surface area contributed by atoms with Crippen molar-refractivity contribution in [3.8, 4) is 0 Å². The van der Waals surface area contributed by atoms with E-state index in [2.05, 4.69) is 0 Å². The third-order valence-electron chi connectivity index (χ3n) is 2.12. The molecule has 0 aliphatic rings. The lowest BCUT2D eigenvalue weighted by atomic mass is 10.3. The highest BCUT2D eigenvalue weighted by Crippen LogP contribution is 2.12. The van der Waals surface area contributed by atoms with Crippen LogP contribution in [0.15, 0.2) is 0 Å². The van der Waals surface area contributed by atoms with Gasteiger partial charge in [-0.05, 0) is 12.7 Å². The Hall–Kier alpha value is 0.550. The third-order valence-corrected chi connectivity index (χ3v) is 5.15. The molecule has 0 aliphatic carbocycles. The molecule has 0 aromatic rings. The Bertz CT molecular complexity index is 244. The van der Waals surface area contributed by atoms with E-state index in [1.807, 2.05) is 13.2 Å². The highest BCUT2D eigenvalue weighted by atomic mass is 35.5. The van der Waals surface area contributed by atoms with Crippen LogP contribution in [0.4, 0.5) is 0 Å². The lowest BCUT2D eigenvalue weighted by Crippen LogP contribution is -2.39. The summed E-state index contributed by atoms with van der Waals surface area (Å²) in [6.07, 6.45) is 2.81. The van der Waals surface area contributed by atoms with Gasteiger partial charge in [0.15, 0.2) is 0 Å². The molecule has 3 nitrogen and oxygen atoms in total. The summed E-state index contributed by atoms with van der Waals surface area (Å²) in [5.74, 6) is 1.01. The van der Waals surface area contributed by atoms with Crippen molar-refractivity contribution in [3.05, 3.63) is 0 Å². The monoisotopic (exact) mass is 259 g/mol.